The molecular weight excluding hydrogens is 290 g/mol. The molecule has 1 aromatic heterocycles. The molecule has 0 saturated heterocycles. The minimum atomic E-state index is -0.208. The number of fused-ring (bicyclic) bond motifs is 1. The van der Waals surface area contributed by atoms with Crippen molar-refractivity contribution in [3.63, 3.8) is 0 Å². The maximum Gasteiger partial charge on any atom is 0.307 e. The van der Waals surface area contributed by atoms with Crippen molar-refractivity contribution >= 4 is 51.3 Å². The van der Waals surface area contributed by atoms with Crippen LogP contribution in [-0.2, 0) is 16.1 Å². The van der Waals surface area contributed by atoms with Crippen LogP contribution in [0.3, 0.4) is 0 Å². The van der Waals surface area contributed by atoms with E-state index < -0.39 is 0 Å². The smallest absolute Gasteiger partial charge is 0.307 e. The number of thiazole rings is 1. The van der Waals surface area contributed by atoms with Gasteiger partial charge in [-0.05, 0) is 37.3 Å². The molecule has 0 amide bonds. The van der Waals surface area contributed by atoms with Crippen molar-refractivity contribution in [2.75, 3.05) is 6.61 Å². The number of carbonyl (C=O) groups excluding carboxylic acids is 1. The summed E-state index contributed by atoms with van der Waals surface area (Å²) in [7, 11) is 0. The molecule has 0 radical (unpaired) electrons. The van der Waals surface area contributed by atoms with Gasteiger partial charge in [-0.1, -0.05) is 11.6 Å². The molecule has 0 N–H and O–H groups in total. The van der Waals surface area contributed by atoms with Gasteiger partial charge in [0, 0.05) is 11.6 Å². The summed E-state index contributed by atoms with van der Waals surface area (Å²) < 4.78 is 8.66. The van der Waals surface area contributed by atoms with Crippen molar-refractivity contribution in [3.05, 3.63) is 27.2 Å². The first-order valence-corrected chi connectivity index (χ1v) is 7.16. The van der Waals surface area contributed by atoms with Crippen molar-refractivity contribution in [1.82, 2.24) is 4.57 Å². The zero-order chi connectivity index (χ0) is 13.1. The molecule has 0 atom stereocenters. The van der Waals surface area contributed by atoms with Gasteiger partial charge in [0.1, 0.15) is 0 Å². The molecule has 3 nitrogen and oxygen atoms in total. The summed E-state index contributed by atoms with van der Waals surface area (Å²) in [5, 5.41) is 0.667. The fourth-order valence-corrected chi connectivity index (χ4v) is 3.21. The van der Waals surface area contributed by atoms with Crippen LogP contribution < -0.4 is 0 Å². The van der Waals surface area contributed by atoms with Gasteiger partial charge in [0.25, 0.3) is 0 Å². The Labute approximate surface area is 119 Å². The Morgan fingerprint density at radius 1 is 1.56 bits per heavy atom. The van der Waals surface area contributed by atoms with E-state index >= 15 is 0 Å². The third kappa shape index (κ3) is 2.91. The largest absolute Gasteiger partial charge is 0.466 e. The highest BCUT2D eigenvalue weighted by Crippen LogP contribution is 2.26. The van der Waals surface area contributed by atoms with Crippen LogP contribution in [0.4, 0.5) is 0 Å². The maximum absolute atomic E-state index is 11.4. The molecule has 0 aliphatic heterocycles. The fraction of sp³-hybridized carbons (Fsp3) is 0.333. The van der Waals surface area contributed by atoms with Crippen LogP contribution in [0, 0.1) is 3.95 Å². The number of rotatable bonds is 4. The topological polar surface area (TPSA) is 31.2 Å². The summed E-state index contributed by atoms with van der Waals surface area (Å²) in [6.07, 6.45) is 0.320. The molecule has 1 heterocycles. The minimum absolute atomic E-state index is 0.208. The van der Waals surface area contributed by atoms with Crippen molar-refractivity contribution in [2.24, 2.45) is 0 Å². The van der Waals surface area contributed by atoms with Crippen LogP contribution in [0.15, 0.2) is 18.2 Å². The predicted molar refractivity (Wildman–Crippen MR) is 76.9 cm³/mol. The second kappa shape index (κ2) is 5.82. The lowest BCUT2D eigenvalue weighted by Crippen LogP contribution is -2.08. The van der Waals surface area contributed by atoms with Gasteiger partial charge < -0.3 is 9.30 Å². The monoisotopic (exact) mass is 301 g/mol. The predicted octanol–water partition coefficient (Wildman–Crippen LogP) is 4.04. The molecule has 2 aromatic rings. The van der Waals surface area contributed by atoms with Crippen LogP contribution in [0.25, 0.3) is 10.2 Å². The first-order valence-electron chi connectivity index (χ1n) is 5.56. The van der Waals surface area contributed by atoms with E-state index in [2.05, 4.69) is 0 Å². The quantitative estimate of drug-likeness (QED) is 0.631. The average molecular weight is 302 g/mol. The van der Waals surface area contributed by atoms with Gasteiger partial charge >= 0.3 is 5.97 Å². The van der Waals surface area contributed by atoms with E-state index in [-0.39, 0.29) is 5.97 Å². The van der Waals surface area contributed by atoms with Gasteiger partial charge in [-0.15, -0.1) is 11.3 Å². The maximum atomic E-state index is 11.4. The van der Waals surface area contributed by atoms with E-state index in [9.17, 15) is 4.79 Å². The molecule has 96 valence electrons. The van der Waals surface area contributed by atoms with Gasteiger partial charge in [0.15, 0.2) is 3.95 Å². The second-order valence-electron chi connectivity index (χ2n) is 3.69. The van der Waals surface area contributed by atoms with Crippen molar-refractivity contribution in [2.45, 2.75) is 19.9 Å². The molecule has 6 heteroatoms. The standard InChI is InChI=1S/C12H12ClNO2S2/c1-2-16-11(15)5-6-14-9-7-8(13)3-4-10(9)18-12(14)17/h3-4,7H,2,5-6H2,1H3. The number of esters is 1. The summed E-state index contributed by atoms with van der Waals surface area (Å²) in [5.41, 5.74) is 0.974. The Hall–Kier alpha value is -0.910. The summed E-state index contributed by atoms with van der Waals surface area (Å²) >= 11 is 12.8. The summed E-state index contributed by atoms with van der Waals surface area (Å²) in [4.78, 5) is 11.4. The highest BCUT2D eigenvalue weighted by molar-refractivity contribution is 7.73. The number of halogens is 1. The molecule has 2 rings (SSSR count). The SMILES string of the molecule is CCOC(=O)CCn1c(=S)sc2ccc(Cl)cc21. The molecule has 0 fully saturated rings. The number of ether oxygens (including phenoxy) is 1. The number of aromatic nitrogens is 1. The first-order chi connectivity index (χ1) is 8.61. The molecule has 0 bridgehead atoms. The Kier molecular flexibility index (Phi) is 4.37. The van der Waals surface area contributed by atoms with Gasteiger partial charge in [0.2, 0.25) is 0 Å². The lowest BCUT2D eigenvalue weighted by molar-refractivity contribution is -0.143. The molecule has 0 aliphatic rings. The molecule has 0 saturated carbocycles. The Morgan fingerprint density at radius 2 is 2.33 bits per heavy atom. The van der Waals surface area contributed by atoms with Crippen LogP contribution in [0.2, 0.25) is 5.02 Å². The number of aryl methyl sites for hydroxylation is 1. The number of carbonyl (C=O) groups is 1. The third-order valence-corrected chi connectivity index (χ3v) is 4.14. The van der Waals surface area contributed by atoms with Gasteiger partial charge in [-0.2, -0.15) is 0 Å². The van der Waals surface area contributed by atoms with E-state index in [1.807, 2.05) is 22.8 Å². The number of hydrogen-bond donors (Lipinski definition) is 0. The van der Waals surface area contributed by atoms with Crippen LogP contribution in [0.1, 0.15) is 13.3 Å². The molecular formula is C12H12ClNO2S2. The fourth-order valence-electron chi connectivity index (χ4n) is 1.68. The first kappa shape index (κ1) is 13.5. The number of benzene rings is 1. The van der Waals surface area contributed by atoms with E-state index in [1.54, 1.807) is 6.92 Å². The zero-order valence-corrected chi connectivity index (χ0v) is 12.2. The molecule has 0 spiro atoms. The van der Waals surface area contributed by atoms with Crippen molar-refractivity contribution in [3.8, 4) is 0 Å². The highest BCUT2D eigenvalue weighted by atomic mass is 35.5. The Bertz CT molecular complexity index is 633. The van der Waals surface area contributed by atoms with Crippen molar-refractivity contribution < 1.29 is 9.53 Å². The molecule has 0 aliphatic carbocycles. The van der Waals surface area contributed by atoms with Gasteiger partial charge in [-0.25, -0.2) is 0 Å². The normalized spacial score (nSPS) is 10.8. The second-order valence-corrected chi connectivity index (χ2v) is 5.80. The van der Waals surface area contributed by atoms with Gasteiger partial charge in [-0.3, -0.25) is 4.79 Å². The average Bonchev–Trinajstić information content (AvgIpc) is 2.62. The van der Waals surface area contributed by atoms with E-state index in [1.165, 1.54) is 11.3 Å². The van der Waals surface area contributed by atoms with E-state index in [0.717, 1.165) is 14.2 Å². The van der Waals surface area contributed by atoms with Gasteiger partial charge in [0.05, 0.1) is 23.2 Å². The Balaban J connectivity index is 2.27. The molecule has 0 unspecified atom stereocenters. The number of hydrogen-bond acceptors (Lipinski definition) is 4. The lowest BCUT2D eigenvalue weighted by Gasteiger charge is -2.05. The third-order valence-electron chi connectivity index (χ3n) is 2.47. The van der Waals surface area contributed by atoms with E-state index in [0.29, 0.717) is 24.6 Å². The van der Waals surface area contributed by atoms with Crippen LogP contribution in [0.5, 0.6) is 0 Å². The van der Waals surface area contributed by atoms with Crippen LogP contribution in [-0.4, -0.2) is 17.1 Å². The summed E-state index contributed by atoms with van der Waals surface area (Å²) in [6, 6.07) is 5.65. The summed E-state index contributed by atoms with van der Waals surface area (Å²) in [5.74, 6) is -0.208. The van der Waals surface area contributed by atoms with Crippen LogP contribution >= 0.6 is 35.2 Å². The highest BCUT2D eigenvalue weighted by Gasteiger charge is 2.08. The van der Waals surface area contributed by atoms with E-state index in [4.69, 9.17) is 28.6 Å². The lowest BCUT2D eigenvalue weighted by atomic mass is 10.3. The minimum Gasteiger partial charge on any atom is -0.466 e. The van der Waals surface area contributed by atoms with Crippen molar-refractivity contribution in [1.29, 1.82) is 0 Å². The molecule has 18 heavy (non-hydrogen) atoms. The Morgan fingerprint density at radius 3 is 3.06 bits per heavy atom. The zero-order valence-electron chi connectivity index (χ0n) is 9.81. The number of nitrogens with zero attached hydrogens (tertiary/aromatic N) is 1. The summed E-state index contributed by atoms with van der Waals surface area (Å²) in [6.45, 7) is 2.72. The molecule has 1 aromatic carbocycles.